The molecule has 0 rings (SSSR count). The molecule has 0 radical (unpaired) electrons. The first-order valence-corrected chi connectivity index (χ1v) is 6.17. The van der Waals surface area contributed by atoms with Crippen molar-refractivity contribution in [1.82, 2.24) is 9.80 Å². The summed E-state index contributed by atoms with van der Waals surface area (Å²) in [6.45, 7) is 5.43. The van der Waals surface area contributed by atoms with Crippen LogP contribution in [-0.4, -0.2) is 68.1 Å². The minimum absolute atomic E-state index is 0.0129. The van der Waals surface area contributed by atoms with Gasteiger partial charge in [0.05, 0.1) is 20.2 Å². The Morgan fingerprint density at radius 2 is 1.89 bits per heavy atom. The lowest BCUT2D eigenvalue weighted by molar-refractivity contribution is -0.143. The van der Waals surface area contributed by atoms with Gasteiger partial charge in [0, 0.05) is 19.6 Å². The van der Waals surface area contributed by atoms with Crippen LogP contribution < -0.4 is 5.73 Å². The predicted molar refractivity (Wildman–Crippen MR) is 70.0 cm³/mol. The van der Waals surface area contributed by atoms with E-state index >= 15 is 0 Å². The van der Waals surface area contributed by atoms with Crippen LogP contribution in [0.1, 0.15) is 20.3 Å². The molecule has 6 nitrogen and oxygen atoms in total. The van der Waals surface area contributed by atoms with Gasteiger partial charge in [0.2, 0.25) is 5.91 Å². The number of hydrogen-bond donors (Lipinski definition) is 1. The smallest absolute Gasteiger partial charge is 0.319 e. The average molecular weight is 259 g/mol. The van der Waals surface area contributed by atoms with E-state index in [-0.39, 0.29) is 31.0 Å². The zero-order valence-corrected chi connectivity index (χ0v) is 11.8. The van der Waals surface area contributed by atoms with E-state index in [1.807, 2.05) is 13.8 Å². The molecule has 0 aromatic heterocycles. The number of hydrogen-bond acceptors (Lipinski definition) is 5. The molecule has 0 spiro atoms. The number of nitrogens with zero attached hydrogens (tertiary/aromatic N) is 2. The molecule has 0 aliphatic heterocycles. The van der Waals surface area contributed by atoms with Crippen molar-refractivity contribution in [1.29, 1.82) is 0 Å². The van der Waals surface area contributed by atoms with Crippen molar-refractivity contribution in [3.8, 4) is 0 Å². The molecular weight excluding hydrogens is 234 g/mol. The van der Waals surface area contributed by atoms with E-state index in [9.17, 15) is 9.59 Å². The number of ether oxygens (including phenoxy) is 1. The van der Waals surface area contributed by atoms with Crippen LogP contribution in [0.5, 0.6) is 0 Å². The fraction of sp³-hybridized carbons (Fsp3) is 0.833. The lowest BCUT2D eigenvalue weighted by atomic mass is 10.3. The summed E-state index contributed by atoms with van der Waals surface area (Å²) in [7, 11) is 3.09. The lowest BCUT2D eigenvalue weighted by Gasteiger charge is -2.27. The van der Waals surface area contributed by atoms with Crippen molar-refractivity contribution in [2.45, 2.75) is 26.3 Å². The number of carbonyl (C=O) groups is 2. The zero-order valence-electron chi connectivity index (χ0n) is 11.8. The van der Waals surface area contributed by atoms with Gasteiger partial charge < -0.3 is 15.4 Å². The molecule has 106 valence electrons. The highest BCUT2D eigenvalue weighted by Gasteiger charge is 2.19. The van der Waals surface area contributed by atoms with E-state index < -0.39 is 0 Å². The quantitative estimate of drug-likeness (QED) is 0.604. The van der Waals surface area contributed by atoms with Gasteiger partial charge in [-0.3, -0.25) is 14.5 Å². The Kier molecular flexibility index (Phi) is 8.32. The van der Waals surface area contributed by atoms with E-state index in [1.54, 1.807) is 16.8 Å². The van der Waals surface area contributed by atoms with Crippen LogP contribution >= 0.6 is 0 Å². The third kappa shape index (κ3) is 6.56. The Morgan fingerprint density at radius 1 is 1.28 bits per heavy atom. The van der Waals surface area contributed by atoms with Crippen molar-refractivity contribution in [3.63, 3.8) is 0 Å². The SMILES string of the molecule is COC(=O)CN(CC(=O)N(C)CCCN)C(C)C. The summed E-state index contributed by atoms with van der Waals surface area (Å²) in [6.07, 6.45) is 0.779. The van der Waals surface area contributed by atoms with Crippen LogP contribution in [0.3, 0.4) is 0 Å². The number of amides is 1. The summed E-state index contributed by atoms with van der Waals surface area (Å²) in [6, 6.07) is 0.107. The van der Waals surface area contributed by atoms with E-state index in [1.165, 1.54) is 7.11 Å². The van der Waals surface area contributed by atoms with Crippen LogP contribution in [-0.2, 0) is 14.3 Å². The Bertz CT molecular complexity index is 269. The number of esters is 1. The highest BCUT2D eigenvalue weighted by atomic mass is 16.5. The molecule has 6 heteroatoms. The second-order valence-corrected chi connectivity index (χ2v) is 4.53. The fourth-order valence-electron chi connectivity index (χ4n) is 1.40. The molecule has 0 aromatic carbocycles. The molecule has 0 saturated heterocycles. The van der Waals surface area contributed by atoms with Gasteiger partial charge in [-0.2, -0.15) is 0 Å². The maximum absolute atomic E-state index is 11.9. The van der Waals surface area contributed by atoms with Crippen molar-refractivity contribution in [2.75, 3.05) is 40.3 Å². The molecule has 0 fully saturated rings. The Morgan fingerprint density at radius 3 is 2.33 bits per heavy atom. The first-order valence-electron chi connectivity index (χ1n) is 6.17. The van der Waals surface area contributed by atoms with Gasteiger partial charge in [-0.1, -0.05) is 0 Å². The third-order valence-corrected chi connectivity index (χ3v) is 2.75. The van der Waals surface area contributed by atoms with Gasteiger partial charge in [-0.05, 0) is 26.8 Å². The molecule has 0 atom stereocenters. The molecule has 0 unspecified atom stereocenters. The maximum Gasteiger partial charge on any atom is 0.319 e. The molecule has 0 bridgehead atoms. The molecule has 18 heavy (non-hydrogen) atoms. The van der Waals surface area contributed by atoms with Crippen LogP contribution in [0.2, 0.25) is 0 Å². The second kappa shape index (κ2) is 8.88. The second-order valence-electron chi connectivity index (χ2n) is 4.53. The number of rotatable bonds is 8. The van der Waals surface area contributed by atoms with Crippen LogP contribution in [0.4, 0.5) is 0 Å². The van der Waals surface area contributed by atoms with Crippen molar-refractivity contribution < 1.29 is 14.3 Å². The molecule has 0 aromatic rings. The normalized spacial score (nSPS) is 10.8. The maximum atomic E-state index is 11.9. The van der Waals surface area contributed by atoms with Crippen LogP contribution in [0.15, 0.2) is 0 Å². The van der Waals surface area contributed by atoms with Gasteiger partial charge >= 0.3 is 5.97 Å². The van der Waals surface area contributed by atoms with E-state index in [4.69, 9.17) is 5.73 Å². The van der Waals surface area contributed by atoms with Gasteiger partial charge in [0.25, 0.3) is 0 Å². The zero-order chi connectivity index (χ0) is 14.1. The van der Waals surface area contributed by atoms with E-state index in [0.29, 0.717) is 13.1 Å². The summed E-state index contributed by atoms with van der Waals surface area (Å²) in [5.41, 5.74) is 5.40. The number of methoxy groups -OCH3 is 1. The Hall–Kier alpha value is -1.14. The van der Waals surface area contributed by atoms with E-state index in [0.717, 1.165) is 6.42 Å². The molecule has 0 aliphatic carbocycles. The number of likely N-dealkylation sites (N-methyl/N-ethyl adjacent to an activating group) is 1. The van der Waals surface area contributed by atoms with Crippen LogP contribution in [0, 0.1) is 0 Å². The topological polar surface area (TPSA) is 75.9 Å². The van der Waals surface area contributed by atoms with Crippen molar-refractivity contribution >= 4 is 11.9 Å². The van der Waals surface area contributed by atoms with Crippen molar-refractivity contribution in [3.05, 3.63) is 0 Å². The highest BCUT2D eigenvalue weighted by Crippen LogP contribution is 2.00. The minimum Gasteiger partial charge on any atom is -0.468 e. The summed E-state index contributed by atoms with van der Waals surface area (Å²) in [5, 5.41) is 0. The molecular formula is C12H25N3O3. The summed E-state index contributed by atoms with van der Waals surface area (Å²) in [5.74, 6) is -0.345. The molecule has 0 saturated carbocycles. The van der Waals surface area contributed by atoms with Gasteiger partial charge in [-0.15, -0.1) is 0 Å². The Balaban J connectivity index is 4.31. The lowest BCUT2D eigenvalue weighted by Crippen LogP contribution is -2.44. The standard InChI is InChI=1S/C12H25N3O3/c1-10(2)15(9-12(17)18-4)8-11(16)14(3)7-5-6-13/h10H,5-9,13H2,1-4H3. The van der Waals surface area contributed by atoms with Gasteiger partial charge in [-0.25, -0.2) is 0 Å². The van der Waals surface area contributed by atoms with Crippen molar-refractivity contribution in [2.24, 2.45) is 5.73 Å². The minimum atomic E-state index is -0.332. The largest absolute Gasteiger partial charge is 0.468 e. The molecule has 2 N–H and O–H groups in total. The summed E-state index contributed by atoms with van der Waals surface area (Å²) in [4.78, 5) is 26.6. The highest BCUT2D eigenvalue weighted by molar-refractivity contribution is 5.79. The first kappa shape index (κ1) is 16.9. The molecule has 1 amide bonds. The fourth-order valence-corrected chi connectivity index (χ4v) is 1.40. The predicted octanol–water partition coefficient (Wildman–Crippen LogP) is -0.323. The summed E-state index contributed by atoms with van der Waals surface area (Å²) >= 11 is 0. The Labute approximate surface area is 109 Å². The first-order chi connectivity index (χ1) is 8.42. The molecule has 0 heterocycles. The molecule has 0 aliphatic rings. The number of nitrogens with two attached hydrogens (primary N) is 1. The average Bonchev–Trinajstić information content (AvgIpc) is 2.34. The number of carbonyl (C=O) groups excluding carboxylic acids is 2. The summed E-state index contributed by atoms with van der Waals surface area (Å²) < 4.78 is 4.62. The van der Waals surface area contributed by atoms with Gasteiger partial charge in [0.15, 0.2) is 0 Å². The third-order valence-electron chi connectivity index (χ3n) is 2.75. The van der Waals surface area contributed by atoms with Crippen LogP contribution in [0.25, 0.3) is 0 Å². The van der Waals surface area contributed by atoms with E-state index in [2.05, 4.69) is 4.74 Å². The monoisotopic (exact) mass is 259 g/mol. The van der Waals surface area contributed by atoms with Gasteiger partial charge in [0.1, 0.15) is 0 Å².